The number of carbonyl (C=O) groups excluding carboxylic acids is 2. The van der Waals surface area contributed by atoms with Crippen molar-refractivity contribution in [1.29, 1.82) is 0 Å². The summed E-state index contributed by atoms with van der Waals surface area (Å²) in [6.45, 7) is 3.51. The number of methoxy groups -OCH3 is 1. The molecule has 0 spiro atoms. The predicted octanol–water partition coefficient (Wildman–Crippen LogP) is 5.25. The molecule has 0 aliphatic rings. The summed E-state index contributed by atoms with van der Waals surface area (Å²) in [6, 6.07) is 18.8. The van der Waals surface area contributed by atoms with Crippen LogP contribution in [0.1, 0.15) is 25.8 Å². The summed E-state index contributed by atoms with van der Waals surface area (Å²) in [5.41, 5.74) is 0.873. The molecule has 3 aromatic rings. The zero-order valence-electron chi connectivity index (χ0n) is 21.9. The molecule has 2 amide bonds. The summed E-state index contributed by atoms with van der Waals surface area (Å²) in [5, 5.41) is 3.09. The molecule has 0 saturated carbocycles. The van der Waals surface area contributed by atoms with E-state index in [1.165, 1.54) is 36.3 Å². The number of benzene rings is 3. The molecule has 0 fully saturated rings. The molecule has 3 aromatic carbocycles. The fourth-order valence-electron chi connectivity index (χ4n) is 3.90. The number of nitrogens with zero attached hydrogens (tertiary/aromatic N) is 2. The van der Waals surface area contributed by atoms with E-state index in [1.807, 2.05) is 31.2 Å². The van der Waals surface area contributed by atoms with Crippen LogP contribution in [0, 0.1) is 0 Å². The van der Waals surface area contributed by atoms with Crippen molar-refractivity contribution < 1.29 is 22.7 Å². The third kappa shape index (κ3) is 7.74. The molecule has 0 aliphatic heterocycles. The van der Waals surface area contributed by atoms with Crippen molar-refractivity contribution in [3.63, 3.8) is 0 Å². The summed E-state index contributed by atoms with van der Waals surface area (Å²) in [4.78, 5) is 28.3. The molecule has 0 aromatic heterocycles. The molecule has 8 nitrogen and oxygen atoms in total. The van der Waals surface area contributed by atoms with Crippen LogP contribution < -0.4 is 14.4 Å². The average molecular weight is 637 g/mol. The number of nitrogens with one attached hydrogen (secondary N) is 1. The van der Waals surface area contributed by atoms with Crippen molar-refractivity contribution in [2.45, 2.75) is 37.8 Å². The lowest BCUT2D eigenvalue weighted by atomic mass is 10.1. The third-order valence-corrected chi connectivity index (χ3v) is 8.48. The van der Waals surface area contributed by atoms with Crippen molar-refractivity contribution in [1.82, 2.24) is 10.2 Å². The molecule has 1 N–H and O–H groups in total. The number of hydrogen-bond donors (Lipinski definition) is 1. The molecule has 11 heteroatoms. The van der Waals surface area contributed by atoms with Crippen LogP contribution in [-0.2, 0) is 26.2 Å². The van der Waals surface area contributed by atoms with Gasteiger partial charge in [0.1, 0.15) is 18.3 Å². The van der Waals surface area contributed by atoms with Gasteiger partial charge in [-0.3, -0.25) is 13.9 Å². The van der Waals surface area contributed by atoms with E-state index < -0.39 is 28.5 Å². The summed E-state index contributed by atoms with van der Waals surface area (Å²) < 4.78 is 35.0. The molecule has 0 radical (unpaired) electrons. The van der Waals surface area contributed by atoms with E-state index in [0.29, 0.717) is 6.54 Å². The van der Waals surface area contributed by atoms with E-state index in [-0.39, 0.29) is 33.8 Å². The van der Waals surface area contributed by atoms with Gasteiger partial charge in [-0.25, -0.2) is 8.42 Å². The topological polar surface area (TPSA) is 96.0 Å². The van der Waals surface area contributed by atoms with E-state index in [9.17, 15) is 18.0 Å². The van der Waals surface area contributed by atoms with E-state index in [0.717, 1.165) is 20.8 Å². The maximum atomic E-state index is 14.0. The number of anilines is 1. The lowest BCUT2D eigenvalue weighted by Crippen LogP contribution is -2.51. The van der Waals surface area contributed by atoms with Gasteiger partial charge in [-0.05, 0) is 61.4 Å². The first-order chi connectivity index (χ1) is 18.6. The third-order valence-electron chi connectivity index (χ3n) is 5.98. The molecular formula is C28H31BrClN3O5S. The fourth-order valence-corrected chi connectivity index (χ4v) is 5.95. The minimum Gasteiger partial charge on any atom is -0.495 e. The van der Waals surface area contributed by atoms with Crippen LogP contribution in [0.2, 0.25) is 5.02 Å². The fraction of sp³-hybridized carbons (Fsp3) is 0.286. The first kappa shape index (κ1) is 30.5. The van der Waals surface area contributed by atoms with Gasteiger partial charge in [-0.1, -0.05) is 64.8 Å². The number of halogens is 2. The minimum atomic E-state index is -4.23. The molecule has 0 bridgehead atoms. The normalized spacial score (nSPS) is 11.9. The Labute approximate surface area is 243 Å². The summed E-state index contributed by atoms with van der Waals surface area (Å²) in [5.74, 6) is -0.687. The Morgan fingerprint density at radius 2 is 1.77 bits per heavy atom. The minimum absolute atomic E-state index is 0.00731. The second kappa shape index (κ2) is 13.8. The first-order valence-corrected chi connectivity index (χ1v) is 14.9. The first-order valence-electron chi connectivity index (χ1n) is 12.3. The van der Waals surface area contributed by atoms with Crippen molar-refractivity contribution in [2.75, 3.05) is 24.5 Å². The van der Waals surface area contributed by atoms with E-state index >= 15 is 0 Å². The van der Waals surface area contributed by atoms with Gasteiger partial charge in [0.25, 0.3) is 10.0 Å². The molecule has 0 aliphatic carbocycles. The number of rotatable bonds is 12. The molecule has 0 saturated heterocycles. The summed E-state index contributed by atoms with van der Waals surface area (Å²) in [6.07, 6.45) is 0.732. The summed E-state index contributed by atoms with van der Waals surface area (Å²) in [7, 11) is -2.83. The monoisotopic (exact) mass is 635 g/mol. The van der Waals surface area contributed by atoms with Gasteiger partial charge < -0.3 is 15.0 Å². The maximum absolute atomic E-state index is 14.0. The lowest BCUT2D eigenvalue weighted by Gasteiger charge is -2.32. The Balaban J connectivity index is 2.08. The van der Waals surface area contributed by atoms with Crippen LogP contribution in [0.25, 0.3) is 0 Å². The van der Waals surface area contributed by atoms with Gasteiger partial charge in [0.2, 0.25) is 11.8 Å². The van der Waals surface area contributed by atoms with Crippen molar-refractivity contribution >= 4 is 55.1 Å². The van der Waals surface area contributed by atoms with Crippen LogP contribution in [0.4, 0.5) is 5.69 Å². The molecular weight excluding hydrogens is 606 g/mol. The summed E-state index contributed by atoms with van der Waals surface area (Å²) >= 11 is 9.68. The second-order valence-corrected chi connectivity index (χ2v) is 12.0. The Morgan fingerprint density at radius 1 is 1.05 bits per heavy atom. The van der Waals surface area contributed by atoms with Crippen LogP contribution >= 0.6 is 27.5 Å². The van der Waals surface area contributed by atoms with Crippen LogP contribution in [0.15, 0.2) is 82.2 Å². The molecule has 1 atom stereocenters. The second-order valence-electron chi connectivity index (χ2n) is 8.76. The average Bonchev–Trinajstić information content (AvgIpc) is 2.93. The quantitative estimate of drug-likeness (QED) is 0.293. The van der Waals surface area contributed by atoms with Gasteiger partial charge in [-0.2, -0.15) is 0 Å². The predicted molar refractivity (Wildman–Crippen MR) is 156 cm³/mol. The van der Waals surface area contributed by atoms with E-state index in [1.54, 1.807) is 31.2 Å². The number of amides is 2. The van der Waals surface area contributed by atoms with Gasteiger partial charge in [0, 0.05) is 22.6 Å². The number of hydrogen-bond acceptors (Lipinski definition) is 5. The Bertz CT molecular complexity index is 1410. The highest BCUT2D eigenvalue weighted by molar-refractivity contribution is 9.10. The highest BCUT2D eigenvalue weighted by Crippen LogP contribution is 2.35. The number of carbonyl (C=O) groups is 2. The van der Waals surface area contributed by atoms with Gasteiger partial charge >= 0.3 is 0 Å². The van der Waals surface area contributed by atoms with Crippen LogP contribution in [0.3, 0.4) is 0 Å². The number of sulfonamides is 1. The number of ether oxygens (including phenoxy) is 1. The standard InChI is InChI=1S/C28H31BrClN3O5S/c1-4-15-31-28(35)20(2)32(18-21-9-8-10-22(29)16-21)27(34)19-33(25-17-23(30)13-14-26(25)38-3)39(36,37)24-11-6-5-7-12-24/h5-14,16-17,20H,4,15,18-19H2,1-3H3,(H,31,35). The molecule has 0 heterocycles. The molecule has 208 valence electrons. The smallest absolute Gasteiger partial charge is 0.264 e. The van der Waals surface area contributed by atoms with Crippen LogP contribution in [-0.4, -0.2) is 51.4 Å². The zero-order valence-corrected chi connectivity index (χ0v) is 25.1. The maximum Gasteiger partial charge on any atom is 0.264 e. The highest BCUT2D eigenvalue weighted by Gasteiger charge is 2.33. The van der Waals surface area contributed by atoms with Gasteiger partial charge in [-0.15, -0.1) is 0 Å². The van der Waals surface area contributed by atoms with Crippen molar-refractivity contribution in [3.05, 3.63) is 87.9 Å². The molecule has 39 heavy (non-hydrogen) atoms. The molecule has 3 rings (SSSR count). The lowest BCUT2D eigenvalue weighted by molar-refractivity contribution is -0.139. The van der Waals surface area contributed by atoms with Crippen LogP contribution in [0.5, 0.6) is 5.75 Å². The van der Waals surface area contributed by atoms with Crippen molar-refractivity contribution in [3.8, 4) is 5.75 Å². The molecule has 1 unspecified atom stereocenters. The Kier molecular flexibility index (Phi) is 10.8. The largest absolute Gasteiger partial charge is 0.495 e. The van der Waals surface area contributed by atoms with Gasteiger partial charge in [0.15, 0.2) is 0 Å². The zero-order chi connectivity index (χ0) is 28.6. The van der Waals surface area contributed by atoms with Gasteiger partial charge in [0.05, 0.1) is 17.7 Å². The Morgan fingerprint density at radius 3 is 2.41 bits per heavy atom. The SMILES string of the molecule is CCCNC(=O)C(C)N(Cc1cccc(Br)c1)C(=O)CN(c1cc(Cl)ccc1OC)S(=O)(=O)c1ccccc1. The van der Waals surface area contributed by atoms with E-state index in [2.05, 4.69) is 21.2 Å². The highest BCUT2D eigenvalue weighted by atomic mass is 79.9. The van der Waals surface area contributed by atoms with Crippen molar-refractivity contribution in [2.24, 2.45) is 0 Å². The Hall–Kier alpha value is -3.08. The van der Waals surface area contributed by atoms with E-state index in [4.69, 9.17) is 16.3 Å².